The molecule has 0 bridgehead atoms. The summed E-state index contributed by atoms with van der Waals surface area (Å²) in [4.78, 5) is 2.30. The molecule has 0 radical (unpaired) electrons. The maximum absolute atomic E-state index is 2.33. The van der Waals surface area contributed by atoms with Crippen molar-refractivity contribution in [3.8, 4) is 0 Å². The van der Waals surface area contributed by atoms with Crippen LogP contribution in [-0.2, 0) is 0 Å². The first-order valence-electron chi connectivity index (χ1n) is 4.42. The van der Waals surface area contributed by atoms with Gasteiger partial charge in [0.15, 0.2) is 0 Å². The Morgan fingerprint density at radius 2 is 1.75 bits per heavy atom. The summed E-state index contributed by atoms with van der Waals surface area (Å²) >= 11 is 4.21. The van der Waals surface area contributed by atoms with E-state index in [1.54, 1.807) is 0 Å². The van der Waals surface area contributed by atoms with E-state index >= 15 is 0 Å². The van der Waals surface area contributed by atoms with E-state index in [0.717, 1.165) is 5.92 Å². The molecule has 1 heterocycles. The highest BCUT2D eigenvalue weighted by molar-refractivity contribution is 8.18. The van der Waals surface area contributed by atoms with Crippen LogP contribution in [0.15, 0.2) is 0 Å². The molecular formula is C9H19NS2. The van der Waals surface area contributed by atoms with Gasteiger partial charge in [0, 0.05) is 6.54 Å². The van der Waals surface area contributed by atoms with Gasteiger partial charge in [0.25, 0.3) is 0 Å². The summed E-state index contributed by atoms with van der Waals surface area (Å²) < 4.78 is 0.461. The van der Waals surface area contributed by atoms with Gasteiger partial charge in [-0.1, -0.05) is 0 Å². The maximum Gasteiger partial charge on any atom is 0.0555 e. The molecule has 0 saturated carbocycles. The van der Waals surface area contributed by atoms with Crippen molar-refractivity contribution in [3.63, 3.8) is 0 Å². The van der Waals surface area contributed by atoms with Crippen molar-refractivity contribution >= 4 is 23.5 Å². The monoisotopic (exact) mass is 205 g/mol. The molecule has 3 heteroatoms. The predicted molar refractivity (Wildman–Crippen MR) is 61.0 cm³/mol. The molecule has 72 valence electrons. The second-order valence-electron chi connectivity index (χ2n) is 4.15. The average molecular weight is 205 g/mol. The van der Waals surface area contributed by atoms with E-state index < -0.39 is 0 Å². The van der Waals surface area contributed by atoms with Crippen molar-refractivity contribution in [1.82, 2.24) is 4.90 Å². The van der Waals surface area contributed by atoms with Crippen molar-refractivity contribution < 1.29 is 0 Å². The Balaban J connectivity index is 2.27. The summed E-state index contributed by atoms with van der Waals surface area (Å²) in [6.07, 6.45) is 0. The van der Waals surface area contributed by atoms with Crippen LogP contribution in [0.3, 0.4) is 0 Å². The predicted octanol–water partition coefficient (Wildman–Crippen LogP) is 2.38. The summed E-state index contributed by atoms with van der Waals surface area (Å²) in [5.41, 5.74) is 0. The van der Waals surface area contributed by atoms with Crippen molar-refractivity contribution in [3.05, 3.63) is 0 Å². The van der Waals surface area contributed by atoms with Gasteiger partial charge >= 0.3 is 0 Å². The van der Waals surface area contributed by atoms with E-state index in [1.807, 2.05) is 0 Å². The fraction of sp³-hybridized carbons (Fsp3) is 1.00. The molecule has 1 nitrogen and oxygen atoms in total. The summed E-state index contributed by atoms with van der Waals surface area (Å²) in [5, 5.41) is 0. The van der Waals surface area contributed by atoms with Gasteiger partial charge in [-0.3, -0.25) is 0 Å². The van der Waals surface area contributed by atoms with E-state index in [-0.39, 0.29) is 0 Å². The molecule has 0 amide bonds. The van der Waals surface area contributed by atoms with E-state index in [2.05, 4.69) is 56.4 Å². The number of nitrogens with zero attached hydrogens (tertiary/aromatic N) is 1. The molecule has 0 aromatic carbocycles. The van der Waals surface area contributed by atoms with Gasteiger partial charge in [0.1, 0.15) is 0 Å². The van der Waals surface area contributed by atoms with Crippen LogP contribution in [0.25, 0.3) is 0 Å². The van der Waals surface area contributed by atoms with Crippen molar-refractivity contribution in [2.45, 2.75) is 17.9 Å². The van der Waals surface area contributed by atoms with Crippen molar-refractivity contribution in [2.75, 3.05) is 32.1 Å². The van der Waals surface area contributed by atoms with E-state index in [9.17, 15) is 0 Å². The number of hydrogen-bond donors (Lipinski definition) is 0. The quantitative estimate of drug-likeness (QED) is 0.681. The lowest BCUT2D eigenvalue weighted by atomic mass is 10.2. The van der Waals surface area contributed by atoms with Gasteiger partial charge in [0.2, 0.25) is 0 Å². The lowest BCUT2D eigenvalue weighted by molar-refractivity contribution is 0.358. The molecule has 0 unspecified atom stereocenters. The Bertz CT molecular complexity index is 135. The van der Waals surface area contributed by atoms with Gasteiger partial charge in [-0.15, -0.1) is 23.5 Å². The Morgan fingerprint density at radius 3 is 2.17 bits per heavy atom. The molecule has 0 atom stereocenters. The molecule has 0 spiro atoms. The lowest BCUT2D eigenvalue weighted by Gasteiger charge is -2.34. The van der Waals surface area contributed by atoms with Crippen molar-refractivity contribution in [1.29, 1.82) is 0 Å². The highest BCUT2D eigenvalue weighted by Crippen LogP contribution is 2.43. The molecule has 0 aromatic rings. The fourth-order valence-electron chi connectivity index (χ4n) is 1.35. The Hall–Kier alpha value is 0.660. The number of rotatable bonds is 2. The van der Waals surface area contributed by atoms with Crippen molar-refractivity contribution in [2.24, 2.45) is 5.92 Å². The topological polar surface area (TPSA) is 3.24 Å². The minimum absolute atomic E-state index is 0.461. The van der Waals surface area contributed by atoms with Crippen LogP contribution >= 0.6 is 23.5 Å². The van der Waals surface area contributed by atoms with Gasteiger partial charge in [0.05, 0.1) is 4.08 Å². The van der Waals surface area contributed by atoms with Gasteiger partial charge in [-0.25, -0.2) is 0 Å². The second-order valence-corrected chi connectivity index (χ2v) is 7.69. The zero-order chi connectivity index (χ0) is 9.19. The third-order valence-electron chi connectivity index (χ3n) is 1.96. The molecule has 0 aromatic heterocycles. The highest BCUT2D eigenvalue weighted by Gasteiger charge is 2.27. The SMILES string of the molecule is CN(C)CC1CSC(C)(C)SC1. The standard InChI is InChI=1S/C9H19NS2/c1-9(2)11-6-8(7-12-9)5-10(3)4/h8H,5-7H2,1-4H3. The minimum atomic E-state index is 0.461. The second kappa shape index (κ2) is 4.25. The first-order valence-corrected chi connectivity index (χ1v) is 6.39. The highest BCUT2D eigenvalue weighted by atomic mass is 32.2. The van der Waals surface area contributed by atoms with Crippen LogP contribution in [0.1, 0.15) is 13.8 Å². The molecule has 1 saturated heterocycles. The van der Waals surface area contributed by atoms with E-state index in [1.165, 1.54) is 18.1 Å². The molecule has 1 aliphatic rings. The van der Waals surface area contributed by atoms with Crippen LogP contribution in [0.4, 0.5) is 0 Å². The van der Waals surface area contributed by atoms with Gasteiger partial charge in [-0.2, -0.15) is 0 Å². The van der Waals surface area contributed by atoms with Gasteiger partial charge in [-0.05, 0) is 45.4 Å². The maximum atomic E-state index is 2.33. The minimum Gasteiger partial charge on any atom is -0.309 e. The van der Waals surface area contributed by atoms with Gasteiger partial charge < -0.3 is 4.90 Å². The average Bonchev–Trinajstić information content (AvgIpc) is 1.93. The van der Waals surface area contributed by atoms with E-state index in [0.29, 0.717) is 4.08 Å². The van der Waals surface area contributed by atoms with Crippen LogP contribution in [0, 0.1) is 5.92 Å². The fourth-order valence-corrected chi connectivity index (χ4v) is 3.96. The largest absolute Gasteiger partial charge is 0.309 e. The molecule has 0 aliphatic carbocycles. The molecule has 12 heavy (non-hydrogen) atoms. The summed E-state index contributed by atoms with van der Waals surface area (Å²) in [6, 6.07) is 0. The van der Waals surface area contributed by atoms with Crippen LogP contribution in [0.5, 0.6) is 0 Å². The zero-order valence-corrected chi connectivity index (χ0v) is 10.1. The number of hydrogen-bond acceptors (Lipinski definition) is 3. The molecular weight excluding hydrogens is 186 g/mol. The number of thioether (sulfide) groups is 2. The van der Waals surface area contributed by atoms with E-state index in [4.69, 9.17) is 0 Å². The normalized spacial score (nSPS) is 24.8. The third kappa shape index (κ3) is 3.58. The van der Waals surface area contributed by atoms with Crippen LogP contribution < -0.4 is 0 Å². The molecule has 1 fully saturated rings. The molecule has 1 rings (SSSR count). The summed E-state index contributed by atoms with van der Waals surface area (Å²) in [5.74, 6) is 3.55. The smallest absolute Gasteiger partial charge is 0.0555 e. The Labute approximate surface area is 84.7 Å². The molecule has 0 N–H and O–H groups in total. The molecule has 1 aliphatic heterocycles. The first-order chi connectivity index (χ1) is 5.49. The Morgan fingerprint density at radius 1 is 1.25 bits per heavy atom. The summed E-state index contributed by atoms with van der Waals surface area (Å²) in [6.45, 7) is 5.90. The lowest BCUT2D eigenvalue weighted by Crippen LogP contribution is -2.31. The zero-order valence-electron chi connectivity index (χ0n) is 8.46. The van der Waals surface area contributed by atoms with Crippen LogP contribution in [-0.4, -0.2) is 41.1 Å². The summed E-state index contributed by atoms with van der Waals surface area (Å²) in [7, 11) is 4.32. The third-order valence-corrected chi connectivity index (χ3v) is 5.33. The van der Waals surface area contributed by atoms with Crippen LogP contribution in [0.2, 0.25) is 0 Å². The first kappa shape index (κ1) is 10.7. The Kier molecular flexibility index (Phi) is 3.80.